The maximum atomic E-state index is 14.9. The maximum absolute atomic E-state index is 14.9. The Hall–Kier alpha value is -3.80. The van der Waals surface area contributed by atoms with Gasteiger partial charge in [0.25, 0.3) is 6.43 Å². The second kappa shape index (κ2) is 10.5. The van der Waals surface area contributed by atoms with Gasteiger partial charge >= 0.3 is 0 Å². The summed E-state index contributed by atoms with van der Waals surface area (Å²) in [5.74, 6) is 0.0661. The lowest BCUT2D eigenvalue weighted by Gasteiger charge is -2.32. The number of fused-ring (bicyclic) bond motifs is 3. The minimum absolute atomic E-state index is 0.0374. The minimum Gasteiger partial charge on any atom is -0.375 e. The standard InChI is InChI=1S/C26H28F3N7O2/c1-14(17-5-4-6-18(22(17)27)23(28)29)31-24-20-11-19(16-7-9-35(10-8-16)21(37)12-38-3)26-34-30-13-36(26)25(20)33-15(2)32-24/h4-6,11,13-14,16,23H,7-10,12H2,1-3H3,(H,31,32,33)/t14-/m1/s1. The number of likely N-dealkylation sites (tertiary alicyclic amines) is 1. The van der Waals surface area contributed by atoms with Gasteiger partial charge in [0.05, 0.1) is 17.0 Å². The molecule has 0 unspecified atom stereocenters. The van der Waals surface area contributed by atoms with Crippen LogP contribution in [-0.4, -0.2) is 62.2 Å². The fourth-order valence-electron chi connectivity index (χ4n) is 5.11. The fraction of sp³-hybridized carbons (Fsp3) is 0.423. The molecule has 0 saturated carbocycles. The number of nitrogens with zero attached hydrogens (tertiary/aromatic N) is 6. The van der Waals surface area contributed by atoms with Crippen LogP contribution in [0.1, 0.15) is 60.7 Å². The number of hydrogen-bond acceptors (Lipinski definition) is 7. The van der Waals surface area contributed by atoms with E-state index in [4.69, 9.17) is 4.74 Å². The Morgan fingerprint density at radius 2 is 1.92 bits per heavy atom. The van der Waals surface area contributed by atoms with Gasteiger partial charge in [0.2, 0.25) is 5.91 Å². The van der Waals surface area contributed by atoms with Crippen molar-refractivity contribution in [2.24, 2.45) is 0 Å². The van der Waals surface area contributed by atoms with E-state index in [9.17, 15) is 18.0 Å². The van der Waals surface area contributed by atoms with E-state index < -0.39 is 23.8 Å². The van der Waals surface area contributed by atoms with Gasteiger partial charge in [-0.05, 0) is 38.7 Å². The van der Waals surface area contributed by atoms with Gasteiger partial charge in [0.1, 0.15) is 30.4 Å². The monoisotopic (exact) mass is 527 g/mol. The van der Waals surface area contributed by atoms with E-state index in [0.29, 0.717) is 41.4 Å². The smallest absolute Gasteiger partial charge is 0.266 e. The number of aryl methyl sites for hydroxylation is 1. The highest BCUT2D eigenvalue weighted by atomic mass is 19.3. The molecule has 1 fully saturated rings. The molecule has 4 heterocycles. The number of halogens is 3. The van der Waals surface area contributed by atoms with E-state index in [1.165, 1.54) is 19.2 Å². The van der Waals surface area contributed by atoms with Gasteiger partial charge in [0, 0.05) is 31.3 Å². The third kappa shape index (κ3) is 4.75. The molecule has 1 saturated heterocycles. The molecule has 12 heteroatoms. The lowest BCUT2D eigenvalue weighted by molar-refractivity contribution is -0.136. The summed E-state index contributed by atoms with van der Waals surface area (Å²) < 4.78 is 48.2. The Morgan fingerprint density at radius 1 is 1.18 bits per heavy atom. The number of carbonyl (C=O) groups excluding carboxylic acids is 1. The number of piperidine rings is 1. The summed E-state index contributed by atoms with van der Waals surface area (Å²) in [6.07, 6.45) is 0.149. The molecule has 38 heavy (non-hydrogen) atoms. The molecule has 1 aromatic carbocycles. The highest BCUT2D eigenvalue weighted by Crippen LogP contribution is 2.35. The Bertz CT molecular complexity index is 1490. The van der Waals surface area contributed by atoms with E-state index in [0.717, 1.165) is 24.5 Å². The molecule has 1 amide bonds. The third-order valence-corrected chi connectivity index (χ3v) is 7.04. The molecule has 0 aliphatic carbocycles. The second-order valence-electron chi connectivity index (χ2n) is 9.49. The molecule has 1 aliphatic heterocycles. The number of ether oxygens (including phenoxy) is 1. The molecule has 0 spiro atoms. The van der Waals surface area contributed by atoms with Gasteiger partial charge in [-0.1, -0.05) is 18.2 Å². The molecule has 1 N–H and O–H groups in total. The van der Waals surface area contributed by atoms with E-state index >= 15 is 0 Å². The van der Waals surface area contributed by atoms with Gasteiger partial charge in [-0.2, -0.15) is 0 Å². The predicted octanol–water partition coefficient (Wildman–Crippen LogP) is 4.58. The van der Waals surface area contributed by atoms with Crippen LogP contribution in [0.15, 0.2) is 30.6 Å². The normalized spacial score (nSPS) is 15.5. The summed E-state index contributed by atoms with van der Waals surface area (Å²) >= 11 is 0. The number of aromatic nitrogens is 5. The van der Waals surface area contributed by atoms with Crippen LogP contribution in [0.4, 0.5) is 19.0 Å². The number of anilines is 1. The number of amides is 1. The van der Waals surface area contributed by atoms with Crippen molar-refractivity contribution < 1.29 is 22.7 Å². The number of pyridine rings is 1. The molecule has 4 aromatic rings. The van der Waals surface area contributed by atoms with Crippen molar-refractivity contribution in [2.45, 2.75) is 45.1 Å². The molecule has 0 bridgehead atoms. The average Bonchev–Trinajstić information content (AvgIpc) is 3.39. The molecule has 200 valence electrons. The van der Waals surface area contributed by atoms with Crippen molar-refractivity contribution in [1.29, 1.82) is 0 Å². The molecule has 5 rings (SSSR count). The first kappa shape index (κ1) is 25.8. The lowest BCUT2D eigenvalue weighted by atomic mass is 9.89. The van der Waals surface area contributed by atoms with Crippen LogP contribution < -0.4 is 5.32 Å². The molecular weight excluding hydrogens is 499 g/mol. The van der Waals surface area contributed by atoms with Gasteiger partial charge in [-0.15, -0.1) is 10.2 Å². The average molecular weight is 528 g/mol. The summed E-state index contributed by atoms with van der Waals surface area (Å²) in [7, 11) is 1.50. The molecule has 0 radical (unpaired) electrons. The lowest BCUT2D eigenvalue weighted by Crippen LogP contribution is -2.39. The Balaban J connectivity index is 1.52. The second-order valence-corrected chi connectivity index (χ2v) is 9.49. The van der Waals surface area contributed by atoms with Crippen LogP contribution in [0.25, 0.3) is 16.7 Å². The fourth-order valence-corrected chi connectivity index (χ4v) is 5.11. The number of alkyl halides is 2. The Morgan fingerprint density at radius 3 is 2.63 bits per heavy atom. The van der Waals surface area contributed by atoms with Crippen molar-refractivity contribution in [3.8, 4) is 0 Å². The summed E-state index contributed by atoms with van der Waals surface area (Å²) in [6.45, 7) is 4.68. The van der Waals surface area contributed by atoms with Crippen molar-refractivity contribution in [2.75, 3.05) is 32.1 Å². The molecule has 3 aromatic heterocycles. The summed E-state index contributed by atoms with van der Waals surface area (Å²) in [4.78, 5) is 23.2. The number of rotatable bonds is 7. The van der Waals surface area contributed by atoms with Gasteiger partial charge in [-0.3, -0.25) is 9.20 Å². The predicted molar refractivity (Wildman–Crippen MR) is 135 cm³/mol. The van der Waals surface area contributed by atoms with E-state index in [1.807, 2.05) is 6.07 Å². The number of methoxy groups -OCH3 is 1. The highest BCUT2D eigenvalue weighted by molar-refractivity contribution is 5.90. The van der Waals surface area contributed by atoms with Crippen LogP contribution in [0.5, 0.6) is 0 Å². The van der Waals surface area contributed by atoms with Crippen molar-refractivity contribution in [1.82, 2.24) is 29.5 Å². The van der Waals surface area contributed by atoms with Gasteiger partial charge in [-0.25, -0.2) is 23.1 Å². The van der Waals surface area contributed by atoms with Gasteiger partial charge in [0.15, 0.2) is 11.3 Å². The first-order chi connectivity index (χ1) is 18.3. The highest BCUT2D eigenvalue weighted by Gasteiger charge is 2.27. The summed E-state index contributed by atoms with van der Waals surface area (Å²) in [5, 5.41) is 12.3. The van der Waals surface area contributed by atoms with Crippen molar-refractivity contribution in [3.05, 3.63) is 58.9 Å². The number of nitrogens with one attached hydrogen (secondary N) is 1. The SMILES string of the molecule is COCC(=O)N1CCC(c2cc3c(N[C@H](C)c4cccc(C(F)F)c4F)nc(C)nc3n3cnnc23)CC1. The summed E-state index contributed by atoms with van der Waals surface area (Å²) in [6, 6.07) is 5.31. The van der Waals surface area contributed by atoms with Crippen molar-refractivity contribution in [3.63, 3.8) is 0 Å². The van der Waals surface area contributed by atoms with Crippen LogP contribution >= 0.6 is 0 Å². The zero-order chi connectivity index (χ0) is 27.0. The largest absolute Gasteiger partial charge is 0.375 e. The minimum atomic E-state index is -2.91. The molecular formula is C26H28F3N7O2. The Labute approximate surface area is 217 Å². The zero-order valence-electron chi connectivity index (χ0n) is 21.3. The van der Waals surface area contributed by atoms with Gasteiger partial charge < -0.3 is 15.0 Å². The van der Waals surface area contributed by atoms with Crippen molar-refractivity contribution >= 4 is 28.4 Å². The van der Waals surface area contributed by atoms with Crippen LogP contribution in [0, 0.1) is 12.7 Å². The molecule has 1 aliphatic rings. The topological polar surface area (TPSA) is 97.5 Å². The van der Waals surface area contributed by atoms with Crippen LogP contribution in [0.3, 0.4) is 0 Å². The van der Waals surface area contributed by atoms with E-state index in [-0.39, 0.29) is 24.0 Å². The zero-order valence-corrected chi connectivity index (χ0v) is 21.3. The maximum Gasteiger partial charge on any atom is 0.266 e. The first-order valence-electron chi connectivity index (χ1n) is 12.4. The van der Waals surface area contributed by atoms with E-state index in [1.54, 1.807) is 29.5 Å². The van der Waals surface area contributed by atoms with E-state index in [2.05, 4.69) is 25.5 Å². The first-order valence-corrected chi connectivity index (χ1v) is 12.4. The van der Waals surface area contributed by atoms with Crippen LogP contribution in [0.2, 0.25) is 0 Å². The Kier molecular flexibility index (Phi) is 7.15. The number of benzene rings is 1. The number of hydrogen-bond donors (Lipinski definition) is 1. The summed E-state index contributed by atoms with van der Waals surface area (Å²) in [5.41, 5.74) is 1.68. The third-order valence-electron chi connectivity index (χ3n) is 7.04. The number of carbonyl (C=O) groups is 1. The molecule has 9 nitrogen and oxygen atoms in total. The molecule has 1 atom stereocenters. The quantitative estimate of drug-likeness (QED) is 0.376. The van der Waals surface area contributed by atoms with Crippen LogP contribution in [-0.2, 0) is 9.53 Å².